The van der Waals surface area contributed by atoms with Crippen molar-refractivity contribution in [2.45, 2.75) is 18.8 Å². The molecule has 0 amide bonds. The van der Waals surface area contributed by atoms with E-state index in [2.05, 4.69) is 22.0 Å². The van der Waals surface area contributed by atoms with Gasteiger partial charge in [0.25, 0.3) is 0 Å². The van der Waals surface area contributed by atoms with E-state index >= 15 is 0 Å². The van der Waals surface area contributed by atoms with Gasteiger partial charge >= 0.3 is 0 Å². The Balaban J connectivity index is 1.97. The molecule has 1 atom stereocenters. The fraction of sp³-hybridized carbons (Fsp3) is 0.500. The SMILES string of the molecule is CN1CCCC(c2nc3c(Cl)cccn3n2)C1. The maximum Gasteiger partial charge on any atom is 0.174 e. The summed E-state index contributed by atoms with van der Waals surface area (Å²) in [5.41, 5.74) is 0.761. The molecular weight excluding hydrogens is 236 g/mol. The number of nitrogens with zero attached hydrogens (tertiary/aromatic N) is 4. The Morgan fingerprint density at radius 1 is 1.47 bits per heavy atom. The van der Waals surface area contributed by atoms with Crippen molar-refractivity contribution in [2.75, 3.05) is 20.1 Å². The van der Waals surface area contributed by atoms with E-state index in [1.165, 1.54) is 19.4 Å². The molecule has 1 unspecified atom stereocenters. The Hall–Kier alpha value is -1.13. The van der Waals surface area contributed by atoms with Gasteiger partial charge in [0, 0.05) is 18.7 Å². The standard InChI is InChI=1S/C12H15ClN4/c1-16-6-2-4-9(8-16)11-14-12-10(13)5-3-7-17(12)15-11/h3,5,7,9H,2,4,6,8H2,1H3. The third-order valence-corrected chi connectivity index (χ3v) is 3.62. The minimum Gasteiger partial charge on any atom is -0.306 e. The molecule has 0 N–H and O–H groups in total. The zero-order valence-corrected chi connectivity index (χ0v) is 10.6. The summed E-state index contributed by atoms with van der Waals surface area (Å²) in [5, 5.41) is 5.19. The van der Waals surface area contributed by atoms with E-state index in [0.29, 0.717) is 10.9 Å². The minimum absolute atomic E-state index is 0.435. The first-order valence-corrected chi connectivity index (χ1v) is 6.31. The van der Waals surface area contributed by atoms with Gasteiger partial charge in [-0.2, -0.15) is 5.10 Å². The summed E-state index contributed by atoms with van der Waals surface area (Å²) in [5.74, 6) is 1.36. The normalized spacial score (nSPS) is 22.1. The molecule has 2 aromatic rings. The minimum atomic E-state index is 0.435. The second-order valence-corrected chi connectivity index (χ2v) is 5.10. The van der Waals surface area contributed by atoms with Crippen LogP contribution < -0.4 is 0 Å². The van der Waals surface area contributed by atoms with Crippen LogP contribution in [0.15, 0.2) is 18.3 Å². The monoisotopic (exact) mass is 250 g/mol. The Kier molecular flexibility index (Phi) is 2.76. The van der Waals surface area contributed by atoms with Crippen molar-refractivity contribution < 1.29 is 0 Å². The summed E-state index contributed by atoms with van der Waals surface area (Å²) < 4.78 is 1.77. The van der Waals surface area contributed by atoms with E-state index in [9.17, 15) is 0 Å². The Morgan fingerprint density at radius 3 is 3.12 bits per heavy atom. The molecule has 0 bridgehead atoms. The number of likely N-dealkylation sites (N-methyl/N-ethyl adjacent to an activating group) is 1. The zero-order chi connectivity index (χ0) is 11.8. The molecule has 5 heteroatoms. The van der Waals surface area contributed by atoms with Gasteiger partial charge in [-0.1, -0.05) is 11.6 Å². The first-order chi connectivity index (χ1) is 8.24. The van der Waals surface area contributed by atoms with Crippen LogP contribution in [0.4, 0.5) is 0 Å². The van der Waals surface area contributed by atoms with Crippen molar-refractivity contribution in [1.29, 1.82) is 0 Å². The number of hydrogen-bond acceptors (Lipinski definition) is 3. The average molecular weight is 251 g/mol. The van der Waals surface area contributed by atoms with Crippen molar-refractivity contribution in [2.24, 2.45) is 0 Å². The van der Waals surface area contributed by atoms with Crippen LogP contribution in [0, 0.1) is 0 Å². The van der Waals surface area contributed by atoms with Crippen LogP contribution in [-0.2, 0) is 0 Å². The highest BCUT2D eigenvalue weighted by atomic mass is 35.5. The second kappa shape index (κ2) is 4.27. The molecular formula is C12H15ClN4. The van der Waals surface area contributed by atoms with Crippen LogP contribution >= 0.6 is 11.6 Å². The fourth-order valence-corrected chi connectivity index (χ4v) is 2.64. The van der Waals surface area contributed by atoms with Gasteiger partial charge < -0.3 is 4.90 Å². The van der Waals surface area contributed by atoms with E-state index in [0.717, 1.165) is 18.0 Å². The van der Waals surface area contributed by atoms with Gasteiger partial charge in [0.15, 0.2) is 11.5 Å². The molecule has 1 saturated heterocycles. The maximum absolute atomic E-state index is 6.10. The number of aromatic nitrogens is 3. The van der Waals surface area contributed by atoms with Gasteiger partial charge in [0.1, 0.15) is 0 Å². The highest BCUT2D eigenvalue weighted by Gasteiger charge is 2.23. The molecule has 3 rings (SSSR count). The second-order valence-electron chi connectivity index (χ2n) is 4.70. The topological polar surface area (TPSA) is 33.4 Å². The molecule has 4 nitrogen and oxygen atoms in total. The lowest BCUT2D eigenvalue weighted by Gasteiger charge is -2.27. The summed E-state index contributed by atoms with van der Waals surface area (Å²) in [6, 6.07) is 3.74. The molecule has 0 aromatic carbocycles. The van der Waals surface area contributed by atoms with E-state index in [1.54, 1.807) is 4.52 Å². The summed E-state index contributed by atoms with van der Waals surface area (Å²) in [6.07, 6.45) is 4.27. The average Bonchev–Trinajstić information content (AvgIpc) is 2.74. The van der Waals surface area contributed by atoms with Crippen molar-refractivity contribution in [3.63, 3.8) is 0 Å². The summed E-state index contributed by atoms with van der Waals surface area (Å²) >= 11 is 6.10. The van der Waals surface area contributed by atoms with Crippen molar-refractivity contribution >= 4 is 17.2 Å². The number of likely N-dealkylation sites (tertiary alicyclic amines) is 1. The summed E-state index contributed by atoms with van der Waals surface area (Å²) in [4.78, 5) is 6.90. The molecule has 1 fully saturated rings. The molecule has 3 heterocycles. The predicted molar refractivity (Wildman–Crippen MR) is 67.5 cm³/mol. The summed E-state index contributed by atoms with van der Waals surface area (Å²) in [6.45, 7) is 2.21. The van der Waals surface area contributed by atoms with Gasteiger partial charge in [-0.15, -0.1) is 0 Å². The fourth-order valence-electron chi connectivity index (χ4n) is 2.44. The van der Waals surface area contributed by atoms with Gasteiger partial charge in [-0.3, -0.25) is 0 Å². The Labute approximate surface area is 105 Å². The van der Waals surface area contributed by atoms with Crippen LogP contribution in [0.1, 0.15) is 24.6 Å². The van der Waals surface area contributed by atoms with E-state index in [-0.39, 0.29) is 0 Å². The van der Waals surface area contributed by atoms with Crippen LogP contribution in [0.3, 0.4) is 0 Å². The maximum atomic E-state index is 6.10. The molecule has 0 radical (unpaired) electrons. The van der Waals surface area contributed by atoms with Crippen LogP contribution in [0.25, 0.3) is 5.65 Å². The third kappa shape index (κ3) is 2.03. The van der Waals surface area contributed by atoms with Crippen molar-refractivity contribution in [3.05, 3.63) is 29.2 Å². The highest BCUT2D eigenvalue weighted by molar-refractivity contribution is 6.33. The number of fused-ring (bicyclic) bond motifs is 1. The van der Waals surface area contributed by atoms with Crippen LogP contribution in [0.2, 0.25) is 5.02 Å². The summed E-state index contributed by atoms with van der Waals surface area (Å²) in [7, 11) is 2.15. The van der Waals surface area contributed by atoms with Crippen molar-refractivity contribution in [1.82, 2.24) is 19.5 Å². The highest BCUT2D eigenvalue weighted by Crippen LogP contribution is 2.25. The van der Waals surface area contributed by atoms with E-state index < -0.39 is 0 Å². The molecule has 2 aromatic heterocycles. The molecule has 0 spiro atoms. The predicted octanol–water partition coefficient (Wildman–Crippen LogP) is 2.19. The van der Waals surface area contributed by atoms with Gasteiger partial charge in [0.05, 0.1) is 5.02 Å². The van der Waals surface area contributed by atoms with Gasteiger partial charge in [-0.05, 0) is 38.6 Å². The lowest BCUT2D eigenvalue weighted by molar-refractivity contribution is 0.246. The number of halogens is 1. The van der Waals surface area contributed by atoms with E-state index in [1.807, 2.05) is 18.3 Å². The molecule has 1 aliphatic rings. The lowest BCUT2D eigenvalue weighted by atomic mass is 9.98. The molecule has 17 heavy (non-hydrogen) atoms. The first kappa shape index (κ1) is 11.0. The van der Waals surface area contributed by atoms with Crippen LogP contribution in [-0.4, -0.2) is 39.6 Å². The van der Waals surface area contributed by atoms with E-state index in [4.69, 9.17) is 11.6 Å². The number of pyridine rings is 1. The largest absolute Gasteiger partial charge is 0.306 e. The van der Waals surface area contributed by atoms with Crippen LogP contribution in [0.5, 0.6) is 0 Å². The molecule has 0 saturated carbocycles. The Morgan fingerprint density at radius 2 is 2.35 bits per heavy atom. The molecule has 90 valence electrons. The first-order valence-electron chi connectivity index (χ1n) is 5.93. The number of piperidine rings is 1. The van der Waals surface area contributed by atoms with Gasteiger partial charge in [0.2, 0.25) is 0 Å². The van der Waals surface area contributed by atoms with Crippen molar-refractivity contribution in [3.8, 4) is 0 Å². The van der Waals surface area contributed by atoms with Gasteiger partial charge in [-0.25, -0.2) is 9.50 Å². The molecule has 0 aliphatic carbocycles. The molecule has 1 aliphatic heterocycles. The lowest BCUT2D eigenvalue weighted by Crippen LogP contribution is -2.31. The number of hydrogen-bond donors (Lipinski definition) is 0. The number of rotatable bonds is 1. The Bertz CT molecular complexity index is 536. The zero-order valence-electron chi connectivity index (χ0n) is 9.80. The smallest absolute Gasteiger partial charge is 0.174 e. The quantitative estimate of drug-likeness (QED) is 0.778. The third-order valence-electron chi connectivity index (χ3n) is 3.32.